The van der Waals surface area contributed by atoms with Gasteiger partial charge in [-0.15, -0.1) is 0 Å². The summed E-state index contributed by atoms with van der Waals surface area (Å²) in [5.74, 6) is 0.0395. The van der Waals surface area contributed by atoms with Gasteiger partial charge in [0, 0.05) is 18.6 Å². The number of phenolic OH excluding ortho intramolecular Hbond substituents is 1. The summed E-state index contributed by atoms with van der Waals surface area (Å²) < 4.78 is 1.42. The summed E-state index contributed by atoms with van der Waals surface area (Å²) in [5, 5.41) is 13.9. The minimum atomic E-state index is -0.293. The molecule has 0 aliphatic rings. The highest BCUT2D eigenvalue weighted by molar-refractivity contribution is 6.10. The molecule has 0 atom stereocenters. The first-order chi connectivity index (χ1) is 10.1. The van der Waals surface area contributed by atoms with Crippen molar-refractivity contribution in [1.82, 2.24) is 19.7 Å². The van der Waals surface area contributed by atoms with Crippen LogP contribution in [0.4, 0.5) is 0 Å². The Morgan fingerprint density at radius 1 is 1.24 bits per heavy atom. The lowest BCUT2D eigenvalue weighted by Crippen LogP contribution is -2.02. The van der Waals surface area contributed by atoms with E-state index >= 15 is 0 Å². The Kier molecular flexibility index (Phi) is 3.19. The summed E-state index contributed by atoms with van der Waals surface area (Å²) in [6, 6.07) is 6.60. The van der Waals surface area contributed by atoms with Crippen LogP contribution in [0.3, 0.4) is 0 Å². The van der Waals surface area contributed by atoms with E-state index in [2.05, 4.69) is 15.1 Å². The van der Waals surface area contributed by atoms with Crippen LogP contribution >= 0.6 is 0 Å². The van der Waals surface area contributed by atoms with Gasteiger partial charge in [0.1, 0.15) is 5.75 Å². The molecular weight excluding hydrogens is 268 g/mol. The van der Waals surface area contributed by atoms with E-state index in [-0.39, 0.29) is 17.1 Å². The first-order valence-corrected chi connectivity index (χ1v) is 6.31. The largest absolute Gasteiger partial charge is 0.507 e. The number of ketones is 1. The molecule has 0 spiro atoms. The molecule has 2 aromatic heterocycles. The first kappa shape index (κ1) is 13.0. The fourth-order valence-electron chi connectivity index (χ4n) is 1.95. The monoisotopic (exact) mass is 280 g/mol. The quantitative estimate of drug-likeness (QED) is 0.741. The van der Waals surface area contributed by atoms with Crippen LogP contribution in [0, 0.1) is 6.92 Å². The topological polar surface area (TPSA) is 80.9 Å². The van der Waals surface area contributed by atoms with Crippen molar-refractivity contribution in [3.8, 4) is 11.7 Å². The van der Waals surface area contributed by atoms with Gasteiger partial charge < -0.3 is 5.11 Å². The zero-order valence-electron chi connectivity index (χ0n) is 11.3. The third-order valence-electron chi connectivity index (χ3n) is 3.00. The molecule has 0 saturated carbocycles. The fraction of sp³-hybridized carbons (Fsp3) is 0.0667. The second-order valence-electron chi connectivity index (χ2n) is 4.57. The van der Waals surface area contributed by atoms with Crippen molar-refractivity contribution in [2.75, 3.05) is 0 Å². The maximum Gasteiger partial charge on any atom is 0.250 e. The van der Waals surface area contributed by atoms with Gasteiger partial charge in [-0.25, -0.2) is 14.6 Å². The Balaban J connectivity index is 1.96. The van der Waals surface area contributed by atoms with E-state index in [9.17, 15) is 9.90 Å². The molecule has 0 radical (unpaired) electrons. The van der Waals surface area contributed by atoms with Crippen LogP contribution in [-0.2, 0) is 0 Å². The maximum atomic E-state index is 12.4. The van der Waals surface area contributed by atoms with Gasteiger partial charge in [-0.3, -0.25) is 4.79 Å². The maximum absolute atomic E-state index is 12.4. The van der Waals surface area contributed by atoms with Gasteiger partial charge in [-0.2, -0.15) is 5.10 Å². The minimum Gasteiger partial charge on any atom is -0.507 e. The lowest BCUT2D eigenvalue weighted by Gasteiger charge is -2.03. The molecule has 1 N–H and O–H groups in total. The van der Waals surface area contributed by atoms with E-state index in [0.29, 0.717) is 11.5 Å². The van der Waals surface area contributed by atoms with Crippen molar-refractivity contribution in [1.29, 1.82) is 0 Å². The molecule has 3 rings (SSSR count). The molecule has 0 amide bonds. The molecule has 0 fully saturated rings. The average Bonchev–Trinajstić information content (AvgIpc) is 3.00. The summed E-state index contributed by atoms with van der Waals surface area (Å²) >= 11 is 0. The SMILES string of the molecule is Cc1ccc(O)c(C(=O)c2cnn(-c3ncccn3)c2)c1. The Labute approximate surface area is 120 Å². The van der Waals surface area contributed by atoms with Crippen molar-refractivity contribution in [2.45, 2.75) is 6.92 Å². The number of phenols is 1. The molecule has 0 aliphatic heterocycles. The lowest BCUT2D eigenvalue weighted by molar-refractivity contribution is 0.103. The van der Waals surface area contributed by atoms with Gasteiger partial charge >= 0.3 is 0 Å². The zero-order chi connectivity index (χ0) is 14.8. The van der Waals surface area contributed by atoms with Crippen LogP contribution in [0.25, 0.3) is 5.95 Å². The Morgan fingerprint density at radius 2 is 2.00 bits per heavy atom. The molecule has 2 heterocycles. The molecule has 0 unspecified atom stereocenters. The molecule has 21 heavy (non-hydrogen) atoms. The van der Waals surface area contributed by atoms with Gasteiger partial charge in [0.05, 0.1) is 17.3 Å². The summed E-state index contributed by atoms with van der Waals surface area (Å²) in [6.07, 6.45) is 6.16. The second-order valence-corrected chi connectivity index (χ2v) is 4.57. The normalized spacial score (nSPS) is 10.5. The molecular formula is C15H12N4O2. The zero-order valence-corrected chi connectivity index (χ0v) is 11.3. The number of aromatic hydroxyl groups is 1. The Morgan fingerprint density at radius 3 is 2.76 bits per heavy atom. The smallest absolute Gasteiger partial charge is 0.250 e. The van der Waals surface area contributed by atoms with Crippen LogP contribution < -0.4 is 0 Å². The van der Waals surface area contributed by atoms with Crippen LogP contribution in [0.1, 0.15) is 21.5 Å². The summed E-state index contributed by atoms with van der Waals surface area (Å²) in [5.41, 5.74) is 1.52. The van der Waals surface area contributed by atoms with E-state index in [4.69, 9.17) is 0 Å². The third kappa shape index (κ3) is 2.51. The Hall–Kier alpha value is -3.02. The number of hydrogen-bond acceptors (Lipinski definition) is 5. The molecule has 6 nitrogen and oxygen atoms in total. The van der Waals surface area contributed by atoms with Crippen molar-refractivity contribution in [3.05, 3.63) is 65.7 Å². The molecule has 0 saturated heterocycles. The molecule has 104 valence electrons. The number of benzene rings is 1. The van der Waals surface area contributed by atoms with Crippen molar-refractivity contribution in [2.24, 2.45) is 0 Å². The van der Waals surface area contributed by atoms with Crippen molar-refractivity contribution in [3.63, 3.8) is 0 Å². The lowest BCUT2D eigenvalue weighted by atomic mass is 10.0. The van der Waals surface area contributed by atoms with Crippen LogP contribution in [0.15, 0.2) is 49.1 Å². The van der Waals surface area contributed by atoms with Crippen molar-refractivity contribution < 1.29 is 9.90 Å². The highest BCUT2D eigenvalue weighted by atomic mass is 16.3. The molecule has 1 aromatic carbocycles. The minimum absolute atomic E-state index is 0.0469. The van der Waals surface area contributed by atoms with E-state index in [1.807, 2.05) is 6.92 Å². The van der Waals surface area contributed by atoms with Crippen molar-refractivity contribution >= 4 is 5.78 Å². The predicted molar refractivity (Wildman–Crippen MR) is 75.4 cm³/mol. The second kappa shape index (κ2) is 5.16. The number of carbonyl (C=O) groups is 1. The van der Waals surface area contributed by atoms with Crippen LogP contribution in [0.2, 0.25) is 0 Å². The molecule has 6 heteroatoms. The van der Waals surface area contributed by atoms with E-state index in [1.54, 1.807) is 36.8 Å². The van der Waals surface area contributed by atoms with Gasteiger partial charge in [0.15, 0.2) is 5.78 Å². The summed E-state index contributed by atoms with van der Waals surface area (Å²) in [4.78, 5) is 20.5. The number of aromatic nitrogens is 4. The Bertz CT molecular complexity index is 796. The molecule has 0 bridgehead atoms. The summed E-state index contributed by atoms with van der Waals surface area (Å²) in [6.45, 7) is 1.86. The van der Waals surface area contributed by atoms with E-state index < -0.39 is 0 Å². The van der Waals surface area contributed by atoms with Gasteiger partial charge in [0.25, 0.3) is 0 Å². The first-order valence-electron chi connectivity index (χ1n) is 6.31. The highest BCUT2D eigenvalue weighted by Crippen LogP contribution is 2.21. The predicted octanol–water partition coefficient (Wildman–Crippen LogP) is 1.91. The molecule has 3 aromatic rings. The van der Waals surface area contributed by atoms with Crippen LogP contribution in [0.5, 0.6) is 5.75 Å². The van der Waals surface area contributed by atoms with Crippen LogP contribution in [-0.4, -0.2) is 30.6 Å². The highest BCUT2D eigenvalue weighted by Gasteiger charge is 2.16. The standard InChI is InChI=1S/C15H12N4O2/c1-10-3-4-13(20)12(7-10)14(21)11-8-18-19(9-11)15-16-5-2-6-17-15/h2-9,20H,1H3. The fourth-order valence-corrected chi connectivity index (χ4v) is 1.95. The van der Waals surface area contributed by atoms with E-state index in [0.717, 1.165) is 5.56 Å². The number of aryl methyl sites for hydroxylation is 1. The number of rotatable bonds is 3. The summed E-state index contributed by atoms with van der Waals surface area (Å²) in [7, 11) is 0. The van der Waals surface area contributed by atoms with E-state index in [1.165, 1.54) is 16.9 Å². The van der Waals surface area contributed by atoms with Gasteiger partial charge in [-0.05, 0) is 25.1 Å². The third-order valence-corrected chi connectivity index (χ3v) is 3.00. The average molecular weight is 280 g/mol. The number of hydrogen-bond donors (Lipinski definition) is 1. The van der Waals surface area contributed by atoms with Gasteiger partial charge in [0.2, 0.25) is 5.95 Å². The number of nitrogens with zero attached hydrogens (tertiary/aromatic N) is 4. The molecule has 0 aliphatic carbocycles. The number of carbonyl (C=O) groups excluding carboxylic acids is 1. The van der Waals surface area contributed by atoms with Gasteiger partial charge in [-0.1, -0.05) is 11.6 Å².